The standard InChI is InChI=1S/C18H13ClN2O4S/c1-26-17-5-3-2-4-14(17)20-18(22)16-9-8-15(25-16)12-7-6-11(21(23)24)10-13(12)19/h2-10H,1H3,(H,20,22). The Morgan fingerprint density at radius 3 is 2.65 bits per heavy atom. The van der Waals surface area contributed by atoms with E-state index in [0.717, 1.165) is 4.90 Å². The molecular weight excluding hydrogens is 376 g/mol. The van der Waals surface area contributed by atoms with Crippen LogP contribution < -0.4 is 5.32 Å². The van der Waals surface area contributed by atoms with Crippen molar-refractivity contribution in [3.05, 3.63) is 75.5 Å². The maximum atomic E-state index is 12.4. The Bertz CT molecular complexity index is 987. The number of anilines is 1. The minimum absolute atomic E-state index is 0.114. The van der Waals surface area contributed by atoms with Crippen molar-refractivity contribution < 1.29 is 14.1 Å². The van der Waals surface area contributed by atoms with Gasteiger partial charge in [0.2, 0.25) is 0 Å². The second kappa shape index (κ2) is 7.63. The molecule has 1 aromatic heterocycles. The highest BCUT2D eigenvalue weighted by Crippen LogP contribution is 2.32. The van der Waals surface area contributed by atoms with Gasteiger partial charge in [0.25, 0.3) is 11.6 Å². The van der Waals surface area contributed by atoms with E-state index in [1.165, 1.54) is 36.0 Å². The van der Waals surface area contributed by atoms with Crippen LogP contribution in [0, 0.1) is 10.1 Å². The number of nitrogens with zero attached hydrogens (tertiary/aromatic N) is 1. The first kappa shape index (κ1) is 18.0. The highest BCUT2D eigenvalue weighted by atomic mass is 35.5. The van der Waals surface area contributed by atoms with Crippen molar-refractivity contribution in [3.63, 3.8) is 0 Å². The first-order chi connectivity index (χ1) is 12.5. The molecule has 0 saturated carbocycles. The van der Waals surface area contributed by atoms with Gasteiger partial charge in [0.15, 0.2) is 5.76 Å². The summed E-state index contributed by atoms with van der Waals surface area (Å²) in [6.07, 6.45) is 1.92. The summed E-state index contributed by atoms with van der Waals surface area (Å²) in [6, 6.07) is 14.6. The van der Waals surface area contributed by atoms with Crippen LogP contribution in [0.15, 0.2) is 63.9 Å². The predicted molar refractivity (Wildman–Crippen MR) is 102 cm³/mol. The lowest BCUT2D eigenvalue weighted by Gasteiger charge is -2.07. The fourth-order valence-corrected chi connectivity index (χ4v) is 3.18. The summed E-state index contributed by atoms with van der Waals surface area (Å²) in [7, 11) is 0. The first-order valence-electron chi connectivity index (χ1n) is 7.48. The van der Waals surface area contributed by atoms with E-state index in [9.17, 15) is 14.9 Å². The number of carbonyl (C=O) groups excluding carboxylic acids is 1. The molecule has 0 unspecified atom stereocenters. The number of hydrogen-bond acceptors (Lipinski definition) is 5. The first-order valence-corrected chi connectivity index (χ1v) is 9.08. The summed E-state index contributed by atoms with van der Waals surface area (Å²) in [6.45, 7) is 0. The number of amides is 1. The van der Waals surface area contributed by atoms with Crippen LogP contribution in [0.25, 0.3) is 11.3 Å². The number of nitrogens with one attached hydrogen (secondary N) is 1. The van der Waals surface area contributed by atoms with Crippen LogP contribution in [0.5, 0.6) is 0 Å². The summed E-state index contributed by atoms with van der Waals surface area (Å²) in [5, 5.41) is 13.8. The number of para-hydroxylation sites is 1. The van der Waals surface area contributed by atoms with E-state index >= 15 is 0 Å². The molecule has 2 aromatic carbocycles. The van der Waals surface area contributed by atoms with E-state index in [1.807, 2.05) is 24.5 Å². The number of rotatable bonds is 5. The minimum atomic E-state index is -0.528. The van der Waals surface area contributed by atoms with Gasteiger partial charge in [-0.15, -0.1) is 11.8 Å². The van der Waals surface area contributed by atoms with E-state index < -0.39 is 10.8 Å². The number of furan rings is 1. The molecule has 1 N–H and O–H groups in total. The Hall–Kier alpha value is -2.77. The highest BCUT2D eigenvalue weighted by molar-refractivity contribution is 7.98. The number of halogens is 1. The van der Waals surface area contributed by atoms with Gasteiger partial charge >= 0.3 is 0 Å². The summed E-state index contributed by atoms with van der Waals surface area (Å²) < 4.78 is 5.59. The van der Waals surface area contributed by atoms with Gasteiger partial charge in [-0.1, -0.05) is 23.7 Å². The number of non-ortho nitro benzene ring substituents is 1. The van der Waals surface area contributed by atoms with Crippen LogP contribution in [0.3, 0.4) is 0 Å². The van der Waals surface area contributed by atoms with Gasteiger partial charge in [-0.25, -0.2) is 0 Å². The Balaban J connectivity index is 1.83. The molecule has 132 valence electrons. The van der Waals surface area contributed by atoms with E-state index in [4.69, 9.17) is 16.0 Å². The van der Waals surface area contributed by atoms with Gasteiger partial charge in [0, 0.05) is 22.6 Å². The third-order valence-corrected chi connectivity index (χ3v) is 4.72. The molecule has 8 heteroatoms. The van der Waals surface area contributed by atoms with Crippen molar-refractivity contribution in [2.45, 2.75) is 4.90 Å². The largest absolute Gasteiger partial charge is 0.451 e. The van der Waals surface area contributed by atoms with Gasteiger partial charge in [-0.2, -0.15) is 0 Å². The summed E-state index contributed by atoms with van der Waals surface area (Å²) >= 11 is 7.62. The van der Waals surface area contributed by atoms with Crippen LogP contribution in [0.2, 0.25) is 5.02 Å². The second-order valence-electron chi connectivity index (χ2n) is 5.24. The molecule has 3 aromatic rings. The molecule has 1 amide bonds. The Labute approximate surface area is 158 Å². The van der Waals surface area contributed by atoms with Crippen LogP contribution in [-0.4, -0.2) is 17.1 Å². The quantitative estimate of drug-likeness (QED) is 0.355. The van der Waals surface area contributed by atoms with Gasteiger partial charge in [-0.3, -0.25) is 14.9 Å². The maximum Gasteiger partial charge on any atom is 0.291 e. The molecule has 0 spiro atoms. The van der Waals surface area contributed by atoms with E-state index in [2.05, 4.69) is 5.32 Å². The number of nitro groups is 1. The molecule has 0 atom stereocenters. The van der Waals surface area contributed by atoms with Gasteiger partial charge in [0.05, 0.1) is 15.6 Å². The van der Waals surface area contributed by atoms with Crippen molar-refractivity contribution in [2.24, 2.45) is 0 Å². The molecule has 0 saturated heterocycles. The number of nitro benzene ring substituents is 1. The number of thioether (sulfide) groups is 1. The monoisotopic (exact) mass is 388 g/mol. The summed E-state index contributed by atoms with van der Waals surface area (Å²) in [5.74, 6) is 0.0781. The molecule has 6 nitrogen and oxygen atoms in total. The number of benzene rings is 2. The zero-order valence-electron chi connectivity index (χ0n) is 13.6. The Morgan fingerprint density at radius 2 is 1.96 bits per heavy atom. The number of hydrogen-bond donors (Lipinski definition) is 1. The fraction of sp³-hybridized carbons (Fsp3) is 0.0556. The molecule has 1 heterocycles. The summed E-state index contributed by atoms with van der Waals surface area (Å²) in [5.41, 5.74) is 1.05. The molecule has 0 aliphatic heterocycles. The topological polar surface area (TPSA) is 85.4 Å². The molecular formula is C18H13ClN2O4S. The highest BCUT2D eigenvalue weighted by Gasteiger charge is 2.17. The maximum absolute atomic E-state index is 12.4. The van der Waals surface area contributed by atoms with Crippen molar-refractivity contribution in [2.75, 3.05) is 11.6 Å². The molecule has 0 fully saturated rings. The van der Waals surface area contributed by atoms with Crippen molar-refractivity contribution in [3.8, 4) is 11.3 Å². The van der Waals surface area contributed by atoms with Gasteiger partial charge in [0.1, 0.15) is 5.76 Å². The molecule has 26 heavy (non-hydrogen) atoms. The van der Waals surface area contributed by atoms with Crippen molar-refractivity contribution in [1.82, 2.24) is 0 Å². The molecule has 0 bridgehead atoms. The van der Waals surface area contributed by atoms with E-state index in [0.29, 0.717) is 17.0 Å². The molecule has 0 radical (unpaired) electrons. The fourth-order valence-electron chi connectivity index (χ4n) is 2.35. The van der Waals surface area contributed by atoms with Gasteiger partial charge < -0.3 is 9.73 Å². The predicted octanol–water partition coefficient (Wildman–Crippen LogP) is 5.48. The Morgan fingerprint density at radius 1 is 1.19 bits per heavy atom. The zero-order valence-corrected chi connectivity index (χ0v) is 15.1. The smallest absolute Gasteiger partial charge is 0.291 e. The average molecular weight is 389 g/mol. The summed E-state index contributed by atoms with van der Waals surface area (Å²) in [4.78, 5) is 23.6. The third-order valence-electron chi connectivity index (χ3n) is 3.61. The van der Waals surface area contributed by atoms with Gasteiger partial charge in [-0.05, 0) is 36.6 Å². The van der Waals surface area contributed by atoms with Crippen molar-refractivity contribution >= 4 is 40.6 Å². The van der Waals surface area contributed by atoms with Crippen LogP contribution in [0.4, 0.5) is 11.4 Å². The molecule has 0 aliphatic rings. The van der Waals surface area contributed by atoms with Crippen LogP contribution in [-0.2, 0) is 0 Å². The third kappa shape index (κ3) is 3.74. The zero-order chi connectivity index (χ0) is 18.7. The molecule has 3 rings (SSSR count). The van der Waals surface area contributed by atoms with E-state index in [-0.39, 0.29) is 16.5 Å². The van der Waals surface area contributed by atoms with E-state index in [1.54, 1.807) is 12.1 Å². The SMILES string of the molecule is CSc1ccccc1NC(=O)c1ccc(-c2ccc([N+](=O)[O-])cc2Cl)o1. The minimum Gasteiger partial charge on any atom is -0.451 e. The number of carbonyl (C=O) groups is 1. The Kier molecular flexibility index (Phi) is 5.29. The lowest BCUT2D eigenvalue weighted by atomic mass is 10.1. The lowest BCUT2D eigenvalue weighted by Crippen LogP contribution is -2.11. The van der Waals surface area contributed by atoms with Crippen molar-refractivity contribution in [1.29, 1.82) is 0 Å². The average Bonchev–Trinajstić information content (AvgIpc) is 3.12. The molecule has 0 aliphatic carbocycles. The van der Waals surface area contributed by atoms with Crippen LogP contribution >= 0.6 is 23.4 Å². The second-order valence-corrected chi connectivity index (χ2v) is 6.49. The van der Waals surface area contributed by atoms with Crippen LogP contribution in [0.1, 0.15) is 10.6 Å². The lowest BCUT2D eigenvalue weighted by molar-refractivity contribution is -0.384. The normalized spacial score (nSPS) is 10.5.